The maximum absolute atomic E-state index is 12.2. The molecule has 1 aliphatic heterocycles. The highest BCUT2D eigenvalue weighted by Crippen LogP contribution is 2.39. The molecule has 0 N–H and O–H groups in total. The predicted molar refractivity (Wildman–Crippen MR) is 101 cm³/mol. The van der Waals surface area contributed by atoms with E-state index in [4.69, 9.17) is 9.47 Å². The molecule has 0 radical (unpaired) electrons. The van der Waals surface area contributed by atoms with Crippen molar-refractivity contribution in [2.75, 3.05) is 20.8 Å². The lowest BCUT2D eigenvalue weighted by molar-refractivity contribution is 0.239. The van der Waals surface area contributed by atoms with Crippen LogP contribution in [0.2, 0.25) is 0 Å². The van der Waals surface area contributed by atoms with Crippen molar-refractivity contribution in [1.29, 1.82) is 0 Å². The van der Waals surface area contributed by atoms with Crippen LogP contribution in [0.3, 0.4) is 0 Å². The van der Waals surface area contributed by atoms with Gasteiger partial charge in [-0.05, 0) is 37.6 Å². The summed E-state index contributed by atoms with van der Waals surface area (Å²) in [6.07, 6.45) is 3.91. The second kappa shape index (κ2) is 7.09. The summed E-state index contributed by atoms with van der Waals surface area (Å²) < 4.78 is 12.6. The topological polar surface area (TPSA) is 56.1 Å². The predicted octanol–water partition coefficient (Wildman–Crippen LogP) is 3.11. The van der Waals surface area contributed by atoms with Crippen molar-refractivity contribution in [2.24, 2.45) is 0 Å². The highest BCUT2D eigenvalue weighted by molar-refractivity contribution is 7.15. The number of likely N-dealkylation sites (tertiary alicyclic amines) is 1. The van der Waals surface area contributed by atoms with Gasteiger partial charge >= 0.3 is 0 Å². The fourth-order valence-corrected chi connectivity index (χ4v) is 4.38. The van der Waals surface area contributed by atoms with Crippen molar-refractivity contribution < 1.29 is 9.47 Å². The summed E-state index contributed by atoms with van der Waals surface area (Å²) in [5, 5.41) is 1.88. The van der Waals surface area contributed by atoms with Gasteiger partial charge in [0, 0.05) is 35.8 Å². The minimum atomic E-state index is -0.0269. The number of methoxy groups -OCH3 is 2. The van der Waals surface area contributed by atoms with Gasteiger partial charge in [0.1, 0.15) is 11.5 Å². The van der Waals surface area contributed by atoms with E-state index in [1.54, 1.807) is 30.9 Å². The summed E-state index contributed by atoms with van der Waals surface area (Å²) in [4.78, 5) is 20.0. The molecule has 1 unspecified atom stereocenters. The molecule has 0 bridgehead atoms. The summed E-state index contributed by atoms with van der Waals surface area (Å²) in [5.41, 5.74) is 1.91. The third-order valence-corrected chi connectivity index (χ3v) is 5.64. The number of thiazole rings is 1. The Hall–Kier alpha value is -2.38. The first-order valence-electron chi connectivity index (χ1n) is 8.61. The first-order valence-corrected chi connectivity index (χ1v) is 9.49. The molecule has 4 rings (SSSR count). The van der Waals surface area contributed by atoms with Crippen LogP contribution in [0.1, 0.15) is 30.1 Å². The van der Waals surface area contributed by atoms with E-state index in [1.165, 1.54) is 11.3 Å². The summed E-state index contributed by atoms with van der Waals surface area (Å²) in [7, 11) is 3.36. The summed E-state index contributed by atoms with van der Waals surface area (Å²) >= 11 is 1.48. The van der Waals surface area contributed by atoms with Crippen LogP contribution in [0.15, 0.2) is 40.6 Å². The van der Waals surface area contributed by atoms with E-state index in [9.17, 15) is 4.79 Å². The van der Waals surface area contributed by atoms with Gasteiger partial charge in [0.2, 0.25) is 0 Å². The smallest absolute Gasteiger partial charge is 0.258 e. The Morgan fingerprint density at radius 3 is 2.96 bits per heavy atom. The van der Waals surface area contributed by atoms with Crippen LogP contribution >= 0.6 is 11.3 Å². The Morgan fingerprint density at radius 2 is 2.15 bits per heavy atom. The minimum Gasteiger partial charge on any atom is -0.497 e. The molecule has 1 atom stereocenters. The average molecular weight is 371 g/mol. The lowest BCUT2D eigenvalue weighted by Gasteiger charge is -2.26. The Balaban J connectivity index is 1.65. The zero-order valence-electron chi connectivity index (χ0n) is 14.8. The molecule has 0 spiro atoms. The maximum atomic E-state index is 12.2. The molecule has 1 fully saturated rings. The molecule has 0 amide bonds. The fourth-order valence-electron chi connectivity index (χ4n) is 3.64. The van der Waals surface area contributed by atoms with Crippen LogP contribution in [0.5, 0.6) is 11.5 Å². The van der Waals surface area contributed by atoms with E-state index in [-0.39, 0.29) is 11.6 Å². The number of benzene rings is 1. The molecule has 0 saturated carbocycles. The van der Waals surface area contributed by atoms with Crippen molar-refractivity contribution in [1.82, 2.24) is 14.3 Å². The van der Waals surface area contributed by atoms with E-state index in [2.05, 4.69) is 9.88 Å². The maximum Gasteiger partial charge on any atom is 0.258 e. The zero-order valence-corrected chi connectivity index (χ0v) is 15.7. The summed E-state index contributed by atoms with van der Waals surface area (Å²) in [6.45, 7) is 1.62. The van der Waals surface area contributed by atoms with E-state index in [0.717, 1.165) is 47.1 Å². The molecule has 136 valence electrons. The lowest BCUT2D eigenvalue weighted by Crippen LogP contribution is -2.25. The van der Waals surface area contributed by atoms with Gasteiger partial charge in [0.25, 0.3) is 5.56 Å². The Bertz CT molecular complexity index is 982. The molecule has 1 aromatic carbocycles. The molecular formula is C19H21N3O3S. The SMILES string of the molecule is COc1ccc(OC)c(C2CCCN2Cc2cc(=O)n3ccsc3n2)c1. The number of hydrogen-bond acceptors (Lipinski definition) is 6. The minimum absolute atomic E-state index is 0.0269. The van der Waals surface area contributed by atoms with Crippen LogP contribution < -0.4 is 15.0 Å². The van der Waals surface area contributed by atoms with Crippen molar-refractivity contribution >= 4 is 16.3 Å². The highest BCUT2D eigenvalue weighted by Gasteiger charge is 2.29. The van der Waals surface area contributed by atoms with Crippen molar-refractivity contribution in [3.05, 3.63) is 57.5 Å². The second-order valence-electron chi connectivity index (χ2n) is 6.38. The number of hydrogen-bond donors (Lipinski definition) is 0. The van der Waals surface area contributed by atoms with Gasteiger partial charge < -0.3 is 9.47 Å². The van der Waals surface area contributed by atoms with Crippen molar-refractivity contribution in [3.63, 3.8) is 0 Å². The summed E-state index contributed by atoms with van der Waals surface area (Å²) in [6, 6.07) is 7.77. The fraction of sp³-hybridized carbons (Fsp3) is 0.368. The van der Waals surface area contributed by atoms with Gasteiger partial charge in [0.05, 0.1) is 19.9 Å². The zero-order chi connectivity index (χ0) is 18.1. The molecule has 3 aromatic rings. The van der Waals surface area contributed by atoms with Crippen LogP contribution in [0, 0.1) is 0 Å². The number of ether oxygens (including phenoxy) is 2. The highest BCUT2D eigenvalue weighted by atomic mass is 32.1. The molecule has 1 saturated heterocycles. The third-order valence-electron chi connectivity index (χ3n) is 4.88. The summed E-state index contributed by atoms with van der Waals surface area (Å²) in [5.74, 6) is 1.69. The monoisotopic (exact) mass is 371 g/mol. The Kier molecular flexibility index (Phi) is 4.65. The van der Waals surface area contributed by atoms with E-state index in [0.29, 0.717) is 6.54 Å². The first-order chi connectivity index (χ1) is 12.7. The second-order valence-corrected chi connectivity index (χ2v) is 7.25. The van der Waals surface area contributed by atoms with Crippen LogP contribution in [-0.4, -0.2) is 35.0 Å². The van der Waals surface area contributed by atoms with Crippen LogP contribution in [0.25, 0.3) is 4.96 Å². The lowest BCUT2D eigenvalue weighted by atomic mass is 10.0. The number of fused-ring (bicyclic) bond motifs is 1. The molecule has 7 heteroatoms. The first kappa shape index (κ1) is 17.1. The van der Waals surface area contributed by atoms with Gasteiger partial charge in [-0.25, -0.2) is 4.98 Å². The quantitative estimate of drug-likeness (QED) is 0.690. The molecule has 2 aromatic heterocycles. The number of nitrogens with zero attached hydrogens (tertiary/aromatic N) is 3. The van der Waals surface area contributed by atoms with Crippen molar-refractivity contribution in [2.45, 2.75) is 25.4 Å². The molecule has 1 aliphatic rings. The van der Waals surface area contributed by atoms with E-state index in [1.807, 2.05) is 23.6 Å². The van der Waals surface area contributed by atoms with E-state index >= 15 is 0 Å². The van der Waals surface area contributed by atoms with E-state index < -0.39 is 0 Å². The normalized spacial score (nSPS) is 17.7. The Labute approximate surface area is 155 Å². The number of aromatic nitrogens is 2. The number of rotatable bonds is 5. The third kappa shape index (κ3) is 3.08. The van der Waals surface area contributed by atoms with Crippen LogP contribution in [0.4, 0.5) is 0 Å². The Morgan fingerprint density at radius 1 is 1.27 bits per heavy atom. The van der Waals surface area contributed by atoms with Crippen molar-refractivity contribution in [3.8, 4) is 11.5 Å². The van der Waals surface area contributed by atoms with Gasteiger partial charge in [-0.3, -0.25) is 14.1 Å². The standard InChI is InChI=1S/C19H21N3O3S/c1-24-14-5-6-17(25-2)15(11-14)16-4-3-7-21(16)12-13-10-18(23)22-8-9-26-19(22)20-13/h5-6,8-11,16H,3-4,7,12H2,1-2H3. The van der Waals surface area contributed by atoms with Crippen LogP contribution in [-0.2, 0) is 6.54 Å². The average Bonchev–Trinajstić information content (AvgIpc) is 3.30. The molecule has 0 aliphatic carbocycles. The van der Waals surface area contributed by atoms with Gasteiger partial charge in [0.15, 0.2) is 4.96 Å². The van der Waals surface area contributed by atoms with Gasteiger partial charge in [-0.1, -0.05) is 0 Å². The van der Waals surface area contributed by atoms with Gasteiger partial charge in [-0.15, -0.1) is 11.3 Å². The molecular weight excluding hydrogens is 350 g/mol. The molecule has 3 heterocycles. The van der Waals surface area contributed by atoms with Gasteiger partial charge in [-0.2, -0.15) is 0 Å². The molecule has 26 heavy (non-hydrogen) atoms. The molecule has 6 nitrogen and oxygen atoms in total. The largest absolute Gasteiger partial charge is 0.497 e.